The number of rotatable bonds is 7. The summed E-state index contributed by atoms with van der Waals surface area (Å²) in [6.07, 6.45) is 2.73. The molecule has 0 radical (unpaired) electrons. The molecule has 25 heavy (non-hydrogen) atoms. The molecule has 2 aromatic rings. The molecule has 5 nitrogen and oxygen atoms in total. The Bertz CT molecular complexity index is 701. The lowest BCUT2D eigenvalue weighted by atomic mass is 10.1. The molecule has 6 heteroatoms. The van der Waals surface area contributed by atoms with Crippen LogP contribution in [0.3, 0.4) is 0 Å². The van der Waals surface area contributed by atoms with Crippen molar-refractivity contribution >= 4 is 17.6 Å². The fourth-order valence-corrected chi connectivity index (χ4v) is 2.36. The van der Waals surface area contributed by atoms with Crippen LogP contribution in [0.1, 0.15) is 30.0 Å². The molecule has 0 saturated heterocycles. The van der Waals surface area contributed by atoms with E-state index < -0.39 is 0 Å². The van der Waals surface area contributed by atoms with Crippen LogP contribution < -0.4 is 15.4 Å². The Morgan fingerprint density at radius 2 is 2.00 bits per heavy atom. The Morgan fingerprint density at radius 3 is 2.68 bits per heavy atom. The van der Waals surface area contributed by atoms with E-state index in [4.69, 9.17) is 16.3 Å². The molecule has 0 aliphatic rings. The molecule has 0 aliphatic heterocycles. The van der Waals surface area contributed by atoms with Crippen LogP contribution in [0.15, 0.2) is 41.5 Å². The van der Waals surface area contributed by atoms with Crippen molar-refractivity contribution < 1.29 is 4.74 Å². The molecule has 0 saturated carbocycles. The topological polar surface area (TPSA) is 58.5 Å². The van der Waals surface area contributed by atoms with Crippen LogP contribution in [0.4, 0.5) is 0 Å². The van der Waals surface area contributed by atoms with Gasteiger partial charge in [0.05, 0.1) is 6.61 Å². The highest BCUT2D eigenvalue weighted by molar-refractivity contribution is 6.29. The molecular weight excluding hydrogens is 336 g/mol. The zero-order chi connectivity index (χ0) is 18.1. The summed E-state index contributed by atoms with van der Waals surface area (Å²) in [6, 6.07) is 9.96. The number of aliphatic imine (C=N–C) groups is 1. The fourth-order valence-electron chi connectivity index (χ4n) is 2.25. The quantitative estimate of drug-likeness (QED) is 0.449. The van der Waals surface area contributed by atoms with Crippen LogP contribution in [0, 0.1) is 6.92 Å². The number of halogens is 1. The van der Waals surface area contributed by atoms with Gasteiger partial charge in [0, 0.05) is 31.9 Å². The maximum absolute atomic E-state index is 5.85. The third kappa shape index (κ3) is 6.27. The number of ether oxygens (including phenoxy) is 1. The average Bonchev–Trinajstić information content (AvgIpc) is 2.62. The van der Waals surface area contributed by atoms with E-state index in [1.807, 2.05) is 6.07 Å². The van der Waals surface area contributed by atoms with Gasteiger partial charge in [-0.05, 0) is 36.6 Å². The predicted molar refractivity (Wildman–Crippen MR) is 103 cm³/mol. The minimum absolute atomic E-state index is 0.491. The Morgan fingerprint density at radius 1 is 1.20 bits per heavy atom. The first-order valence-electron chi connectivity index (χ1n) is 8.39. The van der Waals surface area contributed by atoms with E-state index in [2.05, 4.69) is 52.7 Å². The summed E-state index contributed by atoms with van der Waals surface area (Å²) in [7, 11) is 1.75. The van der Waals surface area contributed by atoms with Gasteiger partial charge in [0.2, 0.25) is 0 Å². The van der Waals surface area contributed by atoms with Crippen LogP contribution >= 0.6 is 11.6 Å². The second kappa shape index (κ2) is 9.89. The molecule has 0 bridgehead atoms. The van der Waals surface area contributed by atoms with Gasteiger partial charge < -0.3 is 15.4 Å². The number of guanidine groups is 1. The summed E-state index contributed by atoms with van der Waals surface area (Å²) in [5, 5.41) is 7.07. The van der Waals surface area contributed by atoms with E-state index in [1.54, 1.807) is 19.3 Å². The van der Waals surface area contributed by atoms with Crippen molar-refractivity contribution in [1.29, 1.82) is 0 Å². The highest BCUT2D eigenvalue weighted by Gasteiger charge is 2.06. The highest BCUT2D eigenvalue weighted by atomic mass is 35.5. The first-order valence-corrected chi connectivity index (χ1v) is 8.77. The van der Waals surface area contributed by atoms with Gasteiger partial charge in [-0.15, -0.1) is 0 Å². The second-order valence-corrected chi connectivity index (χ2v) is 6.12. The largest absolute Gasteiger partial charge is 0.493 e. The van der Waals surface area contributed by atoms with Gasteiger partial charge in [-0.1, -0.05) is 36.7 Å². The number of hydrogen-bond acceptors (Lipinski definition) is 3. The van der Waals surface area contributed by atoms with Gasteiger partial charge >= 0.3 is 0 Å². The third-order valence-electron chi connectivity index (χ3n) is 3.60. The van der Waals surface area contributed by atoms with E-state index >= 15 is 0 Å². The minimum atomic E-state index is 0.491. The van der Waals surface area contributed by atoms with Crippen LogP contribution in [0.5, 0.6) is 5.75 Å². The Balaban J connectivity index is 1.93. The molecule has 0 aliphatic carbocycles. The van der Waals surface area contributed by atoms with Crippen molar-refractivity contribution in [3.8, 4) is 5.75 Å². The number of aryl methyl sites for hydroxylation is 1. The average molecular weight is 361 g/mol. The lowest BCUT2D eigenvalue weighted by Gasteiger charge is -2.15. The first-order chi connectivity index (χ1) is 12.1. The van der Waals surface area contributed by atoms with Gasteiger partial charge in [0.15, 0.2) is 5.96 Å². The number of nitrogens with one attached hydrogen (secondary N) is 2. The summed E-state index contributed by atoms with van der Waals surface area (Å²) < 4.78 is 5.85. The van der Waals surface area contributed by atoms with Crippen molar-refractivity contribution in [3.63, 3.8) is 0 Å². The lowest BCUT2D eigenvalue weighted by molar-refractivity contribution is 0.313. The van der Waals surface area contributed by atoms with E-state index in [0.717, 1.165) is 29.3 Å². The molecule has 0 fully saturated rings. The minimum Gasteiger partial charge on any atom is -0.493 e. The number of pyridine rings is 1. The molecule has 1 heterocycles. The van der Waals surface area contributed by atoms with Crippen LogP contribution in [-0.4, -0.2) is 24.6 Å². The SMILES string of the molecule is CCCOc1cc(C)ccc1CNC(=NC)NCc1ccc(Cl)nc1. The van der Waals surface area contributed by atoms with Gasteiger partial charge in [-0.3, -0.25) is 4.99 Å². The maximum atomic E-state index is 5.85. The maximum Gasteiger partial charge on any atom is 0.191 e. The lowest BCUT2D eigenvalue weighted by Crippen LogP contribution is -2.36. The number of hydrogen-bond donors (Lipinski definition) is 2. The number of aromatic nitrogens is 1. The molecule has 0 amide bonds. The summed E-state index contributed by atoms with van der Waals surface area (Å²) in [4.78, 5) is 8.33. The summed E-state index contributed by atoms with van der Waals surface area (Å²) >= 11 is 5.80. The molecule has 2 N–H and O–H groups in total. The summed E-state index contributed by atoms with van der Waals surface area (Å²) in [5.41, 5.74) is 3.33. The number of nitrogens with zero attached hydrogens (tertiary/aromatic N) is 2. The van der Waals surface area contributed by atoms with Crippen LogP contribution in [0.2, 0.25) is 5.15 Å². The van der Waals surface area contributed by atoms with Crippen molar-refractivity contribution in [2.75, 3.05) is 13.7 Å². The van der Waals surface area contributed by atoms with E-state index in [1.165, 1.54) is 5.56 Å². The summed E-state index contributed by atoms with van der Waals surface area (Å²) in [5.74, 6) is 1.64. The Kier molecular flexibility index (Phi) is 7.54. The van der Waals surface area contributed by atoms with Crippen molar-refractivity contribution in [2.24, 2.45) is 4.99 Å². The molecule has 2 rings (SSSR count). The summed E-state index contributed by atoms with van der Waals surface area (Å²) in [6.45, 7) is 6.14. The zero-order valence-electron chi connectivity index (χ0n) is 15.0. The third-order valence-corrected chi connectivity index (χ3v) is 3.83. The van der Waals surface area contributed by atoms with E-state index in [-0.39, 0.29) is 0 Å². The molecular formula is C19H25ClN4O. The highest BCUT2D eigenvalue weighted by Crippen LogP contribution is 2.20. The smallest absolute Gasteiger partial charge is 0.191 e. The van der Waals surface area contributed by atoms with Crippen molar-refractivity contribution in [1.82, 2.24) is 15.6 Å². The molecule has 0 atom stereocenters. The normalized spacial score (nSPS) is 11.3. The number of benzene rings is 1. The van der Waals surface area contributed by atoms with Gasteiger partial charge in [0.25, 0.3) is 0 Å². The van der Waals surface area contributed by atoms with Crippen molar-refractivity contribution in [3.05, 3.63) is 58.4 Å². The fraction of sp³-hybridized carbons (Fsp3) is 0.368. The van der Waals surface area contributed by atoms with E-state index in [9.17, 15) is 0 Å². The first kappa shape index (κ1) is 19.1. The molecule has 0 unspecified atom stereocenters. The van der Waals surface area contributed by atoms with E-state index in [0.29, 0.717) is 24.8 Å². The predicted octanol–water partition coefficient (Wildman–Crippen LogP) is 3.70. The molecule has 134 valence electrons. The van der Waals surface area contributed by atoms with Gasteiger partial charge in [-0.2, -0.15) is 0 Å². The zero-order valence-corrected chi connectivity index (χ0v) is 15.7. The Hall–Kier alpha value is -2.27. The molecule has 1 aromatic carbocycles. The van der Waals surface area contributed by atoms with Crippen LogP contribution in [-0.2, 0) is 13.1 Å². The van der Waals surface area contributed by atoms with Gasteiger partial charge in [0.1, 0.15) is 10.9 Å². The van der Waals surface area contributed by atoms with Gasteiger partial charge in [-0.25, -0.2) is 4.98 Å². The van der Waals surface area contributed by atoms with Crippen molar-refractivity contribution in [2.45, 2.75) is 33.4 Å². The standard InChI is InChI=1S/C19H25ClN4O/c1-4-9-25-17-10-14(2)5-7-16(17)13-24-19(21-3)23-12-15-6-8-18(20)22-11-15/h5-8,10-11H,4,9,12-13H2,1-3H3,(H2,21,23,24). The molecule has 0 spiro atoms. The monoisotopic (exact) mass is 360 g/mol. The second-order valence-electron chi connectivity index (χ2n) is 5.73. The van der Waals surface area contributed by atoms with Crippen LogP contribution in [0.25, 0.3) is 0 Å². The Labute approximate surface area is 154 Å². The molecule has 1 aromatic heterocycles.